The van der Waals surface area contributed by atoms with Gasteiger partial charge in [0, 0.05) is 0 Å². The number of methoxy groups -OCH3 is 2. The second-order valence-electron chi connectivity index (χ2n) is 4.22. The van der Waals surface area contributed by atoms with Gasteiger partial charge in [-0.25, -0.2) is 0 Å². The van der Waals surface area contributed by atoms with Gasteiger partial charge in [0.05, 0.1) is 34.3 Å². The normalized spacial score (nSPS) is 13.2. The Kier molecular flexibility index (Phi) is 4.83. The number of carbonyl (C=O) groups excluding carboxylic acids is 2. The van der Waals surface area contributed by atoms with E-state index in [2.05, 4.69) is 9.47 Å². The number of rotatable bonds is 4. The molecule has 0 rings (SSSR count). The van der Waals surface area contributed by atoms with E-state index in [4.69, 9.17) is 0 Å². The molecule has 5 heteroatoms. The minimum atomic E-state index is -1.73. The van der Waals surface area contributed by atoms with Crippen LogP contribution in [0.4, 0.5) is 0 Å². The van der Waals surface area contributed by atoms with Crippen molar-refractivity contribution < 1.29 is 19.1 Å². The van der Waals surface area contributed by atoms with E-state index in [0.29, 0.717) is 0 Å². The molecule has 0 aliphatic rings. The highest BCUT2D eigenvalue weighted by atomic mass is 28.3. The zero-order chi connectivity index (χ0) is 11.4. The molecule has 0 aliphatic carbocycles. The largest absolute Gasteiger partial charge is 0.469 e. The highest BCUT2D eigenvalue weighted by Gasteiger charge is 2.35. The molecule has 0 aromatic heterocycles. The summed E-state index contributed by atoms with van der Waals surface area (Å²) in [5.74, 6) is -0.669. The van der Waals surface area contributed by atoms with Crippen molar-refractivity contribution >= 4 is 20.0 Å². The Morgan fingerprint density at radius 2 is 1.64 bits per heavy atom. The highest BCUT2D eigenvalue weighted by molar-refractivity contribution is 6.80. The van der Waals surface area contributed by atoms with Crippen LogP contribution in [0.15, 0.2) is 0 Å². The first-order chi connectivity index (χ1) is 6.32. The topological polar surface area (TPSA) is 52.6 Å². The summed E-state index contributed by atoms with van der Waals surface area (Å²) in [5.41, 5.74) is -0.319. The third kappa shape index (κ3) is 3.91. The van der Waals surface area contributed by atoms with Crippen molar-refractivity contribution in [3.05, 3.63) is 0 Å². The van der Waals surface area contributed by atoms with Crippen molar-refractivity contribution in [1.82, 2.24) is 0 Å². The smallest absolute Gasteiger partial charge is 0.306 e. The predicted molar refractivity (Wildman–Crippen MR) is 55.7 cm³/mol. The van der Waals surface area contributed by atoms with Gasteiger partial charge < -0.3 is 9.47 Å². The number of carbonyl (C=O) groups is 2. The van der Waals surface area contributed by atoms with Crippen molar-refractivity contribution in [3.8, 4) is 0 Å². The summed E-state index contributed by atoms with van der Waals surface area (Å²) >= 11 is 0. The monoisotopic (exact) mass is 218 g/mol. The average Bonchev–Trinajstić information content (AvgIpc) is 2.10. The average molecular weight is 218 g/mol. The van der Waals surface area contributed by atoms with Gasteiger partial charge in [-0.2, -0.15) is 0 Å². The summed E-state index contributed by atoms with van der Waals surface area (Å²) in [6.07, 6.45) is 0.124. The van der Waals surface area contributed by atoms with Gasteiger partial charge in [-0.1, -0.05) is 19.6 Å². The van der Waals surface area contributed by atoms with Crippen LogP contribution in [0.5, 0.6) is 0 Å². The van der Waals surface area contributed by atoms with Gasteiger partial charge in [-0.05, 0) is 0 Å². The molecular formula is C9H18O4Si. The van der Waals surface area contributed by atoms with Crippen LogP contribution in [0.2, 0.25) is 25.2 Å². The van der Waals surface area contributed by atoms with Crippen LogP contribution in [0.25, 0.3) is 0 Å². The number of hydrogen-bond donors (Lipinski definition) is 0. The second-order valence-corrected chi connectivity index (χ2v) is 9.65. The third-order valence-electron chi connectivity index (χ3n) is 2.13. The van der Waals surface area contributed by atoms with Crippen LogP contribution in [-0.4, -0.2) is 34.2 Å². The Balaban J connectivity index is 4.58. The van der Waals surface area contributed by atoms with Crippen molar-refractivity contribution in [2.24, 2.45) is 0 Å². The lowest BCUT2D eigenvalue weighted by Crippen LogP contribution is -2.36. The molecule has 0 bridgehead atoms. The maximum atomic E-state index is 11.4. The predicted octanol–water partition coefficient (Wildman–Crippen LogP) is 1.43. The van der Waals surface area contributed by atoms with Crippen molar-refractivity contribution in [2.75, 3.05) is 14.2 Å². The third-order valence-corrected chi connectivity index (χ3v) is 4.66. The zero-order valence-electron chi connectivity index (χ0n) is 9.42. The Bertz CT molecular complexity index is 219. The molecule has 0 spiro atoms. The van der Waals surface area contributed by atoms with Crippen LogP contribution in [0.1, 0.15) is 6.42 Å². The van der Waals surface area contributed by atoms with Gasteiger partial charge in [0.15, 0.2) is 0 Å². The molecule has 0 amide bonds. The number of hydrogen-bond acceptors (Lipinski definition) is 4. The maximum Gasteiger partial charge on any atom is 0.306 e. The molecule has 0 saturated carbocycles. The standard InChI is InChI=1S/C9H18O4Si/c1-12-8(10)6-7(9(11)13-2)14(3,4)5/h7H,6H2,1-5H3. The van der Waals surface area contributed by atoms with Gasteiger partial charge in [0.1, 0.15) is 0 Å². The van der Waals surface area contributed by atoms with Crippen LogP contribution < -0.4 is 0 Å². The molecule has 0 heterocycles. The van der Waals surface area contributed by atoms with Crippen molar-refractivity contribution in [1.29, 1.82) is 0 Å². The molecule has 0 N–H and O–H groups in total. The lowest BCUT2D eigenvalue weighted by Gasteiger charge is -2.25. The quantitative estimate of drug-likeness (QED) is 0.529. The van der Waals surface area contributed by atoms with Crippen LogP contribution >= 0.6 is 0 Å². The molecule has 0 aromatic rings. The Morgan fingerprint density at radius 1 is 1.14 bits per heavy atom. The summed E-state index contributed by atoms with van der Waals surface area (Å²) in [6.45, 7) is 6.08. The van der Waals surface area contributed by atoms with E-state index in [9.17, 15) is 9.59 Å². The molecule has 82 valence electrons. The second kappa shape index (κ2) is 5.14. The van der Waals surface area contributed by atoms with E-state index in [1.54, 1.807) is 0 Å². The first kappa shape index (κ1) is 13.2. The van der Waals surface area contributed by atoms with Crippen LogP contribution in [-0.2, 0) is 19.1 Å². The van der Waals surface area contributed by atoms with E-state index in [1.807, 2.05) is 19.6 Å². The molecular weight excluding hydrogens is 200 g/mol. The van der Waals surface area contributed by atoms with Gasteiger partial charge in [0.25, 0.3) is 0 Å². The summed E-state index contributed by atoms with van der Waals surface area (Å²) in [6, 6.07) is 0. The van der Waals surface area contributed by atoms with Crippen LogP contribution in [0, 0.1) is 0 Å². The van der Waals surface area contributed by atoms with E-state index in [0.717, 1.165) is 0 Å². The number of esters is 2. The van der Waals surface area contributed by atoms with Crippen molar-refractivity contribution in [3.63, 3.8) is 0 Å². The Morgan fingerprint density at radius 3 is 1.93 bits per heavy atom. The molecule has 0 saturated heterocycles. The summed E-state index contributed by atoms with van der Waals surface area (Å²) in [5, 5.41) is 0. The fraction of sp³-hybridized carbons (Fsp3) is 0.778. The summed E-state index contributed by atoms with van der Waals surface area (Å²) in [7, 11) is 0.935. The molecule has 0 fully saturated rings. The summed E-state index contributed by atoms with van der Waals surface area (Å²) < 4.78 is 9.22. The van der Waals surface area contributed by atoms with Crippen molar-refractivity contribution in [2.45, 2.75) is 31.6 Å². The molecule has 14 heavy (non-hydrogen) atoms. The van der Waals surface area contributed by atoms with E-state index < -0.39 is 8.07 Å². The van der Waals surface area contributed by atoms with Gasteiger partial charge in [-0.3, -0.25) is 9.59 Å². The molecule has 0 aliphatic heterocycles. The molecule has 1 unspecified atom stereocenters. The van der Waals surface area contributed by atoms with E-state index in [-0.39, 0.29) is 23.9 Å². The molecule has 4 nitrogen and oxygen atoms in total. The minimum absolute atomic E-state index is 0.124. The van der Waals surface area contributed by atoms with E-state index in [1.165, 1.54) is 14.2 Å². The zero-order valence-corrected chi connectivity index (χ0v) is 10.4. The fourth-order valence-corrected chi connectivity index (χ4v) is 2.74. The van der Waals surface area contributed by atoms with Gasteiger partial charge >= 0.3 is 11.9 Å². The molecule has 0 radical (unpaired) electrons. The summed E-state index contributed by atoms with van der Waals surface area (Å²) in [4.78, 5) is 22.5. The fourth-order valence-electron chi connectivity index (χ4n) is 1.14. The molecule has 1 atom stereocenters. The lowest BCUT2D eigenvalue weighted by molar-refractivity contribution is -0.147. The highest BCUT2D eigenvalue weighted by Crippen LogP contribution is 2.27. The van der Waals surface area contributed by atoms with Gasteiger partial charge in [-0.15, -0.1) is 0 Å². The lowest BCUT2D eigenvalue weighted by atomic mass is 10.3. The maximum absolute atomic E-state index is 11.4. The van der Waals surface area contributed by atoms with Crippen LogP contribution in [0.3, 0.4) is 0 Å². The number of ether oxygens (including phenoxy) is 2. The first-order valence-electron chi connectivity index (χ1n) is 4.47. The van der Waals surface area contributed by atoms with Gasteiger partial charge in [0.2, 0.25) is 0 Å². The molecule has 0 aromatic carbocycles. The Hall–Kier alpha value is -0.843. The van der Waals surface area contributed by atoms with E-state index >= 15 is 0 Å². The Labute approximate surface area is 85.6 Å². The minimum Gasteiger partial charge on any atom is -0.469 e. The SMILES string of the molecule is COC(=O)CC(C(=O)OC)[Si](C)(C)C. The first-order valence-corrected chi connectivity index (χ1v) is 8.05.